The van der Waals surface area contributed by atoms with Gasteiger partial charge in [-0.15, -0.1) is 0 Å². The number of likely N-dealkylation sites (N-methyl/N-ethyl adjacent to an activating group) is 1. The van der Waals surface area contributed by atoms with E-state index >= 15 is 0 Å². The number of nitrogens with zero attached hydrogens (tertiary/aromatic N) is 2. The van der Waals surface area contributed by atoms with E-state index in [9.17, 15) is 4.79 Å². The molecule has 1 saturated heterocycles. The van der Waals surface area contributed by atoms with Crippen molar-refractivity contribution in [1.29, 1.82) is 0 Å². The van der Waals surface area contributed by atoms with E-state index in [1.807, 2.05) is 0 Å². The molecule has 1 heterocycles. The first-order valence-corrected chi connectivity index (χ1v) is 7.50. The Balaban J connectivity index is 1.79. The van der Waals surface area contributed by atoms with Crippen LogP contribution in [0.2, 0.25) is 0 Å². The first kappa shape index (κ1) is 14.8. The molecule has 2 aliphatic rings. The number of nitrogens with one attached hydrogen (secondary N) is 1. The highest BCUT2D eigenvalue weighted by atomic mass is 16.1. The first-order chi connectivity index (χ1) is 9.10. The number of rotatable bonds is 6. The van der Waals surface area contributed by atoms with Gasteiger partial charge in [0.25, 0.3) is 0 Å². The number of hydrogen-bond acceptors (Lipinski definition) is 4. The highest BCUT2D eigenvalue weighted by Gasteiger charge is 2.28. The van der Waals surface area contributed by atoms with Crippen LogP contribution in [-0.2, 0) is 4.79 Å². The molecule has 110 valence electrons. The van der Waals surface area contributed by atoms with Crippen molar-refractivity contribution >= 4 is 5.91 Å². The number of nitrogens with two attached hydrogens (primary N) is 1. The Kier molecular flexibility index (Phi) is 5.19. The van der Waals surface area contributed by atoms with Crippen molar-refractivity contribution in [1.82, 2.24) is 15.1 Å². The van der Waals surface area contributed by atoms with Gasteiger partial charge in [0.1, 0.15) is 0 Å². The maximum Gasteiger partial charge on any atom is 0.221 e. The maximum absolute atomic E-state index is 11.9. The van der Waals surface area contributed by atoms with Gasteiger partial charge in [-0.05, 0) is 52.9 Å². The standard InChI is InChI=1S/C14H28N4O/c1-17-7-5-12(6-8-17)18(2)13(10-15)9-14(19)16-11-3-4-11/h11-13H,3-10,15H2,1-2H3,(H,16,19). The predicted octanol–water partition coefficient (Wildman–Crippen LogP) is 0.00840. The fourth-order valence-electron chi connectivity index (χ4n) is 2.82. The average Bonchev–Trinajstić information content (AvgIpc) is 3.20. The van der Waals surface area contributed by atoms with E-state index in [4.69, 9.17) is 5.73 Å². The van der Waals surface area contributed by atoms with Gasteiger partial charge in [0.05, 0.1) is 0 Å². The highest BCUT2D eigenvalue weighted by Crippen LogP contribution is 2.20. The first-order valence-electron chi connectivity index (χ1n) is 7.50. The smallest absolute Gasteiger partial charge is 0.221 e. The summed E-state index contributed by atoms with van der Waals surface area (Å²) in [6.07, 6.45) is 5.17. The van der Waals surface area contributed by atoms with Crippen molar-refractivity contribution in [3.05, 3.63) is 0 Å². The Morgan fingerprint density at radius 2 is 2.00 bits per heavy atom. The molecule has 1 atom stereocenters. The van der Waals surface area contributed by atoms with Gasteiger partial charge in [0.15, 0.2) is 0 Å². The van der Waals surface area contributed by atoms with Crippen LogP contribution in [0.5, 0.6) is 0 Å². The Hall–Kier alpha value is -0.650. The van der Waals surface area contributed by atoms with Crippen molar-refractivity contribution in [3.63, 3.8) is 0 Å². The van der Waals surface area contributed by atoms with Gasteiger partial charge in [0, 0.05) is 31.1 Å². The molecule has 5 heteroatoms. The monoisotopic (exact) mass is 268 g/mol. The lowest BCUT2D eigenvalue weighted by Crippen LogP contribution is -2.50. The third-order valence-electron chi connectivity index (χ3n) is 4.48. The summed E-state index contributed by atoms with van der Waals surface area (Å²) in [5.74, 6) is 0.165. The van der Waals surface area contributed by atoms with Crippen LogP contribution in [0.4, 0.5) is 0 Å². The summed E-state index contributed by atoms with van der Waals surface area (Å²) >= 11 is 0. The minimum atomic E-state index is 0.165. The van der Waals surface area contributed by atoms with Gasteiger partial charge >= 0.3 is 0 Å². The van der Waals surface area contributed by atoms with Crippen LogP contribution in [0.25, 0.3) is 0 Å². The summed E-state index contributed by atoms with van der Waals surface area (Å²) in [5.41, 5.74) is 5.87. The van der Waals surface area contributed by atoms with Gasteiger partial charge in [-0.2, -0.15) is 0 Å². The summed E-state index contributed by atoms with van der Waals surface area (Å²) in [6.45, 7) is 2.84. The number of amides is 1. The van der Waals surface area contributed by atoms with Crippen LogP contribution in [0.1, 0.15) is 32.1 Å². The van der Waals surface area contributed by atoms with Gasteiger partial charge in [-0.1, -0.05) is 0 Å². The molecule has 1 amide bonds. The van der Waals surface area contributed by atoms with Crippen molar-refractivity contribution in [2.24, 2.45) is 5.73 Å². The molecule has 0 aromatic heterocycles. The Labute approximate surface area is 116 Å². The number of hydrogen-bond donors (Lipinski definition) is 2. The van der Waals surface area contributed by atoms with E-state index in [2.05, 4.69) is 29.2 Å². The molecule has 2 rings (SSSR count). The fraction of sp³-hybridized carbons (Fsp3) is 0.929. The minimum absolute atomic E-state index is 0.165. The molecule has 0 aromatic carbocycles. The summed E-state index contributed by atoms with van der Waals surface area (Å²) < 4.78 is 0. The zero-order valence-electron chi connectivity index (χ0n) is 12.3. The van der Waals surface area contributed by atoms with Gasteiger partial charge in [-0.25, -0.2) is 0 Å². The molecular weight excluding hydrogens is 240 g/mol. The SMILES string of the molecule is CN1CCC(N(C)C(CN)CC(=O)NC2CC2)CC1. The molecule has 0 bridgehead atoms. The third-order valence-corrected chi connectivity index (χ3v) is 4.48. The summed E-state index contributed by atoms with van der Waals surface area (Å²) in [4.78, 5) is 16.6. The molecule has 3 N–H and O–H groups in total. The maximum atomic E-state index is 11.9. The minimum Gasteiger partial charge on any atom is -0.353 e. The van der Waals surface area contributed by atoms with Crippen molar-refractivity contribution < 1.29 is 4.79 Å². The Morgan fingerprint density at radius 3 is 2.53 bits per heavy atom. The number of piperidine rings is 1. The number of carbonyl (C=O) groups excluding carboxylic acids is 1. The largest absolute Gasteiger partial charge is 0.353 e. The second-order valence-corrected chi connectivity index (χ2v) is 6.14. The molecule has 1 aliphatic heterocycles. The summed E-state index contributed by atoms with van der Waals surface area (Å²) in [5, 5.41) is 3.05. The zero-order chi connectivity index (χ0) is 13.8. The fourth-order valence-corrected chi connectivity index (χ4v) is 2.82. The molecule has 1 saturated carbocycles. The molecular formula is C14H28N4O. The van der Waals surface area contributed by atoms with Gasteiger partial charge < -0.3 is 16.0 Å². The normalized spacial score (nSPS) is 23.6. The van der Waals surface area contributed by atoms with Crippen molar-refractivity contribution in [2.75, 3.05) is 33.7 Å². The topological polar surface area (TPSA) is 61.6 Å². The van der Waals surface area contributed by atoms with E-state index in [0.717, 1.165) is 25.9 Å². The molecule has 0 aromatic rings. The van der Waals surface area contributed by atoms with Crippen LogP contribution in [0.3, 0.4) is 0 Å². The van der Waals surface area contributed by atoms with E-state index in [-0.39, 0.29) is 11.9 Å². The molecule has 5 nitrogen and oxygen atoms in total. The van der Waals surface area contributed by atoms with Crippen LogP contribution in [0, 0.1) is 0 Å². The third kappa shape index (κ3) is 4.44. The second kappa shape index (κ2) is 6.68. The molecule has 1 unspecified atom stereocenters. The number of likely N-dealkylation sites (tertiary alicyclic amines) is 1. The molecule has 2 fully saturated rings. The Bertz CT molecular complexity index is 298. The number of carbonyl (C=O) groups is 1. The highest BCUT2D eigenvalue weighted by molar-refractivity contribution is 5.77. The van der Waals surface area contributed by atoms with Crippen molar-refractivity contribution in [3.8, 4) is 0 Å². The second-order valence-electron chi connectivity index (χ2n) is 6.14. The van der Waals surface area contributed by atoms with Crippen LogP contribution in [-0.4, -0.2) is 67.6 Å². The van der Waals surface area contributed by atoms with E-state index in [1.165, 1.54) is 12.8 Å². The van der Waals surface area contributed by atoms with E-state index < -0.39 is 0 Å². The van der Waals surface area contributed by atoms with Gasteiger partial charge in [-0.3, -0.25) is 9.69 Å². The van der Waals surface area contributed by atoms with E-state index in [0.29, 0.717) is 25.0 Å². The van der Waals surface area contributed by atoms with Crippen LogP contribution >= 0.6 is 0 Å². The molecule has 0 radical (unpaired) electrons. The van der Waals surface area contributed by atoms with Crippen molar-refractivity contribution in [2.45, 2.75) is 50.2 Å². The summed E-state index contributed by atoms with van der Waals surface area (Å²) in [6, 6.07) is 1.19. The molecule has 0 spiro atoms. The quantitative estimate of drug-likeness (QED) is 0.712. The average molecular weight is 268 g/mol. The van der Waals surface area contributed by atoms with Crippen LogP contribution in [0.15, 0.2) is 0 Å². The lowest BCUT2D eigenvalue weighted by Gasteiger charge is -2.39. The summed E-state index contributed by atoms with van der Waals surface area (Å²) in [7, 11) is 4.29. The Morgan fingerprint density at radius 1 is 1.37 bits per heavy atom. The van der Waals surface area contributed by atoms with Gasteiger partial charge in [0.2, 0.25) is 5.91 Å². The molecule has 19 heavy (non-hydrogen) atoms. The van der Waals surface area contributed by atoms with E-state index in [1.54, 1.807) is 0 Å². The lowest BCUT2D eigenvalue weighted by molar-refractivity contribution is -0.122. The zero-order valence-corrected chi connectivity index (χ0v) is 12.3. The molecule has 1 aliphatic carbocycles. The van der Waals surface area contributed by atoms with Crippen LogP contribution < -0.4 is 11.1 Å². The lowest BCUT2D eigenvalue weighted by atomic mass is 10.0. The predicted molar refractivity (Wildman–Crippen MR) is 76.9 cm³/mol.